The van der Waals surface area contributed by atoms with Crippen molar-refractivity contribution < 1.29 is 4.74 Å². The van der Waals surface area contributed by atoms with Crippen LogP contribution < -0.4 is 5.32 Å². The van der Waals surface area contributed by atoms with E-state index < -0.39 is 0 Å². The normalized spacial score (nSPS) is 21.5. The Balaban J connectivity index is 0.00000121. The minimum Gasteiger partial charge on any atom is -0.381 e. The van der Waals surface area contributed by atoms with Gasteiger partial charge in [-0.15, -0.1) is 24.8 Å². The van der Waals surface area contributed by atoms with Gasteiger partial charge < -0.3 is 10.1 Å². The van der Waals surface area contributed by atoms with Crippen LogP contribution in [0.4, 0.5) is 0 Å². The highest BCUT2D eigenvalue weighted by molar-refractivity contribution is 14.1. The van der Waals surface area contributed by atoms with Crippen LogP contribution in [-0.4, -0.2) is 44.3 Å². The van der Waals surface area contributed by atoms with Crippen molar-refractivity contribution in [3.63, 3.8) is 0 Å². The molecule has 0 radical (unpaired) electrons. The van der Waals surface area contributed by atoms with E-state index in [-0.39, 0.29) is 24.8 Å². The van der Waals surface area contributed by atoms with E-state index in [0.717, 1.165) is 45.3 Å². The molecule has 2 aliphatic heterocycles. The number of nitrogens with zero attached hydrogens (tertiary/aromatic N) is 1. The molecule has 3 rings (SSSR count). The van der Waals surface area contributed by atoms with Gasteiger partial charge in [-0.3, -0.25) is 4.90 Å². The number of rotatable bonds is 3. The molecule has 2 heterocycles. The molecule has 0 aromatic heterocycles. The first kappa shape index (κ1) is 20.5. The molecule has 0 saturated carbocycles. The first-order valence-electron chi connectivity index (χ1n) is 7.62. The van der Waals surface area contributed by atoms with Gasteiger partial charge >= 0.3 is 0 Å². The van der Waals surface area contributed by atoms with E-state index in [4.69, 9.17) is 4.74 Å². The lowest BCUT2D eigenvalue weighted by atomic mass is 9.85. The number of hydrogen-bond acceptors (Lipinski definition) is 3. The van der Waals surface area contributed by atoms with Gasteiger partial charge in [-0.05, 0) is 59.0 Å². The standard InChI is InChI=1S/C16H23IN2O.2ClH/c17-15-3-1-13(2-4-15)16(14-5-11-20-12-6-14)19-9-7-18-8-10-19;;/h1-4,14,16,18H,5-12H2;2*1H/t16-;;/m1../s1. The van der Waals surface area contributed by atoms with Crippen molar-refractivity contribution in [3.05, 3.63) is 33.4 Å². The minimum atomic E-state index is 0. The Morgan fingerprint density at radius 3 is 2.23 bits per heavy atom. The van der Waals surface area contributed by atoms with Gasteiger partial charge in [-0.25, -0.2) is 0 Å². The van der Waals surface area contributed by atoms with Crippen LogP contribution >= 0.6 is 47.4 Å². The van der Waals surface area contributed by atoms with Gasteiger partial charge in [0.15, 0.2) is 0 Å². The second-order valence-electron chi connectivity index (χ2n) is 5.73. The van der Waals surface area contributed by atoms with Crippen LogP contribution in [0.15, 0.2) is 24.3 Å². The fourth-order valence-electron chi connectivity index (χ4n) is 3.43. The predicted molar refractivity (Wildman–Crippen MR) is 104 cm³/mol. The van der Waals surface area contributed by atoms with Crippen molar-refractivity contribution >= 4 is 47.4 Å². The highest BCUT2D eigenvalue weighted by Crippen LogP contribution is 2.35. The molecule has 0 amide bonds. The van der Waals surface area contributed by atoms with E-state index in [9.17, 15) is 0 Å². The number of ether oxygens (including phenoxy) is 1. The average molecular weight is 459 g/mol. The number of benzene rings is 1. The molecular formula is C16H25Cl2IN2O. The van der Waals surface area contributed by atoms with E-state index in [1.807, 2.05) is 0 Å². The third-order valence-electron chi connectivity index (χ3n) is 4.47. The summed E-state index contributed by atoms with van der Waals surface area (Å²) in [6.07, 6.45) is 2.39. The summed E-state index contributed by atoms with van der Waals surface area (Å²) in [5.74, 6) is 0.738. The molecule has 6 heteroatoms. The summed E-state index contributed by atoms with van der Waals surface area (Å²) < 4.78 is 6.88. The van der Waals surface area contributed by atoms with Crippen molar-refractivity contribution in [2.45, 2.75) is 18.9 Å². The highest BCUT2D eigenvalue weighted by atomic mass is 127. The zero-order valence-corrected chi connectivity index (χ0v) is 16.5. The van der Waals surface area contributed by atoms with Crippen molar-refractivity contribution in [1.82, 2.24) is 10.2 Å². The lowest BCUT2D eigenvalue weighted by Gasteiger charge is -2.41. The van der Waals surface area contributed by atoms with E-state index in [1.165, 1.54) is 22.0 Å². The van der Waals surface area contributed by atoms with Crippen LogP contribution in [0.25, 0.3) is 0 Å². The molecule has 0 aliphatic carbocycles. The second-order valence-corrected chi connectivity index (χ2v) is 6.98. The smallest absolute Gasteiger partial charge is 0.0469 e. The monoisotopic (exact) mass is 458 g/mol. The third-order valence-corrected chi connectivity index (χ3v) is 5.19. The molecule has 1 N–H and O–H groups in total. The van der Waals surface area contributed by atoms with Gasteiger partial charge in [0, 0.05) is 49.0 Å². The van der Waals surface area contributed by atoms with Gasteiger partial charge in [0.05, 0.1) is 0 Å². The van der Waals surface area contributed by atoms with E-state index in [0.29, 0.717) is 6.04 Å². The molecule has 1 aromatic carbocycles. The Hall–Kier alpha value is 0.410. The van der Waals surface area contributed by atoms with Gasteiger partial charge in [-0.2, -0.15) is 0 Å². The second kappa shape index (κ2) is 10.3. The summed E-state index contributed by atoms with van der Waals surface area (Å²) in [5.41, 5.74) is 1.49. The van der Waals surface area contributed by atoms with Gasteiger partial charge in [0.1, 0.15) is 0 Å². The SMILES string of the molecule is Cl.Cl.Ic1ccc([C@H](C2CCOCC2)N2CCNCC2)cc1. The van der Waals surface area contributed by atoms with E-state index in [2.05, 4.69) is 57.1 Å². The van der Waals surface area contributed by atoms with E-state index >= 15 is 0 Å². The maximum atomic E-state index is 5.56. The Bertz CT molecular complexity index is 403. The Kier molecular flexibility index (Phi) is 9.59. The third kappa shape index (κ3) is 5.21. The summed E-state index contributed by atoms with van der Waals surface area (Å²) in [6.45, 7) is 6.41. The van der Waals surface area contributed by atoms with Gasteiger partial charge in [0.25, 0.3) is 0 Å². The summed E-state index contributed by atoms with van der Waals surface area (Å²) in [6, 6.07) is 9.70. The Morgan fingerprint density at radius 1 is 1.05 bits per heavy atom. The number of hydrogen-bond donors (Lipinski definition) is 1. The molecule has 126 valence electrons. The zero-order valence-electron chi connectivity index (χ0n) is 12.7. The van der Waals surface area contributed by atoms with Gasteiger partial charge in [0.2, 0.25) is 0 Å². The predicted octanol–water partition coefficient (Wildman–Crippen LogP) is 3.51. The highest BCUT2D eigenvalue weighted by Gasteiger charge is 2.31. The molecule has 1 atom stereocenters. The van der Waals surface area contributed by atoms with Crippen LogP contribution in [0.1, 0.15) is 24.4 Å². The molecule has 22 heavy (non-hydrogen) atoms. The van der Waals surface area contributed by atoms with Crippen LogP contribution in [-0.2, 0) is 4.74 Å². The van der Waals surface area contributed by atoms with E-state index in [1.54, 1.807) is 0 Å². The summed E-state index contributed by atoms with van der Waals surface area (Å²) >= 11 is 2.39. The molecule has 1 aromatic rings. The number of nitrogens with one attached hydrogen (secondary N) is 1. The van der Waals surface area contributed by atoms with Gasteiger partial charge in [-0.1, -0.05) is 12.1 Å². The molecule has 0 spiro atoms. The Labute approximate surface area is 159 Å². The Morgan fingerprint density at radius 2 is 1.64 bits per heavy atom. The lowest BCUT2D eigenvalue weighted by Crippen LogP contribution is -2.47. The first-order valence-corrected chi connectivity index (χ1v) is 8.70. The molecule has 2 saturated heterocycles. The first-order chi connectivity index (χ1) is 9.84. The van der Waals surface area contributed by atoms with Crippen LogP contribution in [0, 0.1) is 9.49 Å². The van der Waals surface area contributed by atoms with Crippen molar-refractivity contribution in [1.29, 1.82) is 0 Å². The van der Waals surface area contributed by atoms with Crippen LogP contribution in [0.2, 0.25) is 0 Å². The maximum Gasteiger partial charge on any atom is 0.0469 e. The molecule has 3 nitrogen and oxygen atoms in total. The molecular weight excluding hydrogens is 434 g/mol. The zero-order chi connectivity index (χ0) is 13.8. The minimum absolute atomic E-state index is 0. The van der Waals surface area contributed by atoms with Crippen molar-refractivity contribution in [2.75, 3.05) is 39.4 Å². The van der Waals surface area contributed by atoms with Crippen LogP contribution in [0.3, 0.4) is 0 Å². The maximum absolute atomic E-state index is 5.56. The molecule has 0 unspecified atom stereocenters. The summed E-state index contributed by atoms with van der Waals surface area (Å²) in [4.78, 5) is 2.68. The summed E-state index contributed by atoms with van der Waals surface area (Å²) in [7, 11) is 0. The van der Waals surface area contributed by atoms with Crippen molar-refractivity contribution in [3.8, 4) is 0 Å². The van der Waals surface area contributed by atoms with Crippen molar-refractivity contribution in [2.24, 2.45) is 5.92 Å². The fraction of sp³-hybridized carbons (Fsp3) is 0.625. The molecule has 2 fully saturated rings. The number of piperazine rings is 1. The molecule has 0 bridgehead atoms. The average Bonchev–Trinajstić information content (AvgIpc) is 2.52. The topological polar surface area (TPSA) is 24.5 Å². The van der Waals surface area contributed by atoms with Crippen LogP contribution in [0.5, 0.6) is 0 Å². The number of halogens is 3. The lowest BCUT2D eigenvalue weighted by molar-refractivity contribution is 0.0213. The largest absolute Gasteiger partial charge is 0.381 e. The molecule has 2 aliphatic rings. The fourth-order valence-corrected chi connectivity index (χ4v) is 3.79. The summed E-state index contributed by atoms with van der Waals surface area (Å²) in [5, 5.41) is 3.47. The quantitative estimate of drug-likeness (QED) is 0.701.